The number of aryl methyl sites for hydroxylation is 1. The van der Waals surface area contributed by atoms with Gasteiger partial charge in [-0.1, -0.05) is 39.7 Å². The summed E-state index contributed by atoms with van der Waals surface area (Å²) in [6, 6.07) is 11.9. The Labute approximate surface area is 137 Å². The van der Waals surface area contributed by atoms with Crippen molar-refractivity contribution in [3.05, 3.63) is 62.6 Å². The maximum atomic E-state index is 6.60. The van der Waals surface area contributed by atoms with Gasteiger partial charge in [0.25, 0.3) is 0 Å². The lowest BCUT2D eigenvalue weighted by molar-refractivity contribution is 0.288. The van der Waals surface area contributed by atoms with Crippen LogP contribution >= 0.6 is 39.1 Å². The fourth-order valence-corrected chi connectivity index (χ4v) is 3.60. The highest BCUT2D eigenvalue weighted by molar-refractivity contribution is 9.10. The second-order valence-corrected chi connectivity index (χ2v) is 6.67. The van der Waals surface area contributed by atoms with E-state index in [1.807, 2.05) is 30.3 Å². The summed E-state index contributed by atoms with van der Waals surface area (Å²) in [5.74, 6) is 0.983. The molecule has 0 aliphatic carbocycles. The van der Waals surface area contributed by atoms with Gasteiger partial charge in [0.15, 0.2) is 0 Å². The number of halogens is 3. The average Bonchev–Trinajstić information content (AvgIpc) is 2.45. The lowest BCUT2D eigenvalue weighted by atomic mass is 9.98. The molecule has 1 atom stereocenters. The smallest absolute Gasteiger partial charge is 0.122 e. The highest BCUT2D eigenvalue weighted by Crippen LogP contribution is 2.35. The van der Waals surface area contributed by atoms with Crippen molar-refractivity contribution in [3.63, 3.8) is 0 Å². The second kappa shape index (κ2) is 5.97. The summed E-state index contributed by atoms with van der Waals surface area (Å²) in [6.07, 6.45) is 2.11. The Morgan fingerprint density at radius 3 is 2.75 bits per heavy atom. The van der Waals surface area contributed by atoms with Crippen LogP contribution in [0.15, 0.2) is 40.9 Å². The van der Waals surface area contributed by atoms with E-state index < -0.39 is 0 Å². The van der Waals surface area contributed by atoms with Gasteiger partial charge in [-0.25, -0.2) is 0 Å². The van der Waals surface area contributed by atoms with Crippen LogP contribution in [0.2, 0.25) is 5.02 Å². The standard InChI is InChI=1S/C16H13BrCl2O/c17-13-7-12(8-14(18)9-13)16(19)11-3-4-15-10(6-11)2-1-5-20-15/h3-4,6-9,16H,1-2,5H2. The van der Waals surface area contributed by atoms with Gasteiger partial charge in [0, 0.05) is 9.50 Å². The number of fused-ring (bicyclic) bond motifs is 1. The SMILES string of the molecule is Clc1cc(Br)cc(C(Cl)c2ccc3c(c2)CCCO3)c1. The second-order valence-electron chi connectivity index (χ2n) is 4.88. The predicted octanol–water partition coefficient (Wildman–Crippen LogP) is 5.76. The molecular weight excluding hydrogens is 359 g/mol. The zero-order chi connectivity index (χ0) is 14.1. The van der Waals surface area contributed by atoms with Gasteiger partial charge in [0.1, 0.15) is 5.75 Å². The quantitative estimate of drug-likeness (QED) is 0.610. The van der Waals surface area contributed by atoms with Crippen molar-refractivity contribution in [1.82, 2.24) is 0 Å². The first-order valence-corrected chi connectivity index (χ1v) is 8.10. The predicted molar refractivity (Wildman–Crippen MR) is 87.1 cm³/mol. The van der Waals surface area contributed by atoms with E-state index in [1.54, 1.807) is 0 Å². The Hall–Kier alpha value is -0.700. The van der Waals surface area contributed by atoms with Crippen LogP contribution in [0.1, 0.15) is 28.5 Å². The molecule has 0 saturated carbocycles. The number of ether oxygens (including phenoxy) is 1. The molecule has 3 rings (SSSR count). The summed E-state index contributed by atoms with van der Waals surface area (Å²) in [4.78, 5) is 0. The molecule has 0 aromatic heterocycles. The molecule has 1 nitrogen and oxygen atoms in total. The summed E-state index contributed by atoms with van der Waals surface area (Å²) in [6.45, 7) is 0.803. The van der Waals surface area contributed by atoms with Crippen molar-refractivity contribution in [3.8, 4) is 5.75 Å². The Morgan fingerprint density at radius 2 is 1.95 bits per heavy atom. The minimum atomic E-state index is -0.211. The van der Waals surface area contributed by atoms with Crippen LogP contribution in [0, 0.1) is 0 Å². The van der Waals surface area contributed by atoms with Crippen molar-refractivity contribution in [2.24, 2.45) is 0 Å². The molecule has 104 valence electrons. The van der Waals surface area contributed by atoms with Gasteiger partial charge in [-0.3, -0.25) is 0 Å². The molecule has 1 unspecified atom stereocenters. The lowest BCUT2D eigenvalue weighted by Gasteiger charge is -2.19. The van der Waals surface area contributed by atoms with Gasteiger partial charge in [-0.05, 0) is 53.8 Å². The Balaban J connectivity index is 1.95. The van der Waals surface area contributed by atoms with E-state index in [4.69, 9.17) is 27.9 Å². The van der Waals surface area contributed by atoms with E-state index in [1.165, 1.54) is 5.56 Å². The van der Waals surface area contributed by atoms with E-state index in [2.05, 4.69) is 22.0 Å². The first kappa shape index (κ1) is 14.2. The molecule has 0 fully saturated rings. The number of hydrogen-bond acceptors (Lipinski definition) is 1. The molecule has 1 heterocycles. The summed E-state index contributed by atoms with van der Waals surface area (Å²) in [5, 5.41) is 0.471. The first-order valence-electron chi connectivity index (χ1n) is 6.49. The third kappa shape index (κ3) is 2.98. The molecule has 4 heteroatoms. The number of benzene rings is 2. The van der Waals surface area contributed by atoms with Gasteiger partial charge in [-0.2, -0.15) is 0 Å². The van der Waals surface area contributed by atoms with Crippen LogP contribution < -0.4 is 4.74 Å². The molecule has 0 radical (unpaired) electrons. The van der Waals surface area contributed by atoms with Gasteiger partial charge < -0.3 is 4.74 Å². The van der Waals surface area contributed by atoms with Gasteiger partial charge in [0.2, 0.25) is 0 Å². The van der Waals surface area contributed by atoms with Crippen LogP contribution in [-0.4, -0.2) is 6.61 Å². The fourth-order valence-electron chi connectivity index (χ4n) is 2.45. The maximum Gasteiger partial charge on any atom is 0.122 e. The van der Waals surface area contributed by atoms with Gasteiger partial charge in [0.05, 0.1) is 12.0 Å². The first-order chi connectivity index (χ1) is 9.63. The summed E-state index contributed by atoms with van der Waals surface area (Å²) >= 11 is 16.1. The van der Waals surface area contributed by atoms with E-state index in [9.17, 15) is 0 Å². The van der Waals surface area contributed by atoms with Crippen LogP contribution in [0.4, 0.5) is 0 Å². The molecule has 0 bridgehead atoms. The Morgan fingerprint density at radius 1 is 1.10 bits per heavy atom. The molecule has 1 aliphatic rings. The van der Waals surface area contributed by atoms with Crippen molar-refractivity contribution >= 4 is 39.1 Å². The van der Waals surface area contributed by atoms with Crippen molar-refractivity contribution in [2.45, 2.75) is 18.2 Å². The topological polar surface area (TPSA) is 9.23 Å². The zero-order valence-corrected chi connectivity index (χ0v) is 13.8. The van der Waals surface area contributed by atoms with E-state index >= 15 is 0 Å². The minimum Gasteiger partial charge on any atom is -0.493 e. The van der Waals surface area contributed by atoms with Gasteiger partial charge >= 0.3 is 0 Å². The van der Waals surface area contributed by atoms with Crippen molar-refractivity contribution in [2.75, 3.05) is 6.61 Å². The van der Waals surface area contributed by atoms with Gasteiger partial charge in [-0.15, -0.1) is 11.6 Å². The average molecular weight is 372 g/mol. The number of hydrogen-bond donors (Lipinski definition) is 0. The Kier molecular flexibility index (Phi) is 4.25. The molecule has 0 saturated heterocycles. The maximum absolute atomic E-state index is 6.60. The van der Waals surface area contributed by atoms with E-state index in [-0.39, 0.29) is 5.38 Å². The summed E-state index contributed by atoms with van der Waals surface area (Å²) in [7, 11) is 0. The molecule has 2 aromatic carbocycles. The Bertz CT molecular complexity index is 622. The highest BCUT2D eigenvalue weighted by atomic mass is 79.9. The fraction of sp³-hybridized carbons (Fsp3) is 0.250. The van der Waals surface area contributed by atoms with Crippen LogP contribution in [-0.2, 0) is 6.42 Å². The van der Waals surface area contributed by atoms with E-state index in [0.717, 1.165) is 40.8 Å². The minimum absolute atomic E-state index is 0.211. The molecule has 20 heavy (non-hydrogen) atoms. The normalized spacial score (nSPS) is 15.3. The molecule has 0 N–H and O–H groups in total. The van der Waals surface area contributed by atoms with Crippen molar-refractivity contribution in [1.29, 1.82) is 0 Å². The van der Waals surface area contributed by atoms with Crippen LogP contribution in [0.3, 0.4) is 0 Å². The third-order valence-electron chi connectivity index (χ3n) is 3.40. The van der Waals surface area contributed by atoms with E-state index in [0.29, 0.717) is 5.02 Å². The monoisotopic (exact) mass is 370 g/mol. The van der Waals surface area contributed by atoms with Crippen LogP contribution in [0.5, 0.6) is 5.75 Å². The number of alkyl halides is 1. The lowest BCUT2D eigenvalue weighted by Crippen LogP contribution is -2.09. The molecule has 0 spiro atoms. The summed E-state index contributed by atoms with van der Waals surface area (Å²) < 4.78 is 6.57. The highest BCUT2D eigenvalue weighted by Gasteiger charge is 2.16. The van der Waals surface area contributed by atoms with Crippen LogP contribution in [0.25, 0.3) is 0 Å². The number of rotatable bonds is 2. The third-order valence-corrected chi connectivity index (χ3v) is 4.58. The largest absolute Gasteiger partial charge is 0.493 e. The molecular formula is C16H13BrCl2O. The van der Waals surface area contributed by atoms with Crippen molar-refractivity contribution < 1.29 is 4.74 Å². The summed E-state index contributed by atoms with van der Waals surface area (Å²) in [5.41, 5.74) is 3.30. The molecule has 1 aliphatic heterocycles. The zero-order valence-electron chi connectivity index (χ0n) is 10.7. The molecule has 0 amide bonds. The molecule has 2 aromatic rings.